The number of nitrogens with zero attached hydrogens (tertiary/aromatic N) is 2. The molecule has 156 valence electrons. The van der Waals surface area contributed by atoms with E-state index in [9.17, 15) is 14.0 Å². The Bertz CT molecular complexity index is 1060. The van der Waals surface area contributed by atoms with Crippen molar-refractivity contribution >= 4 is 34.4 Å². The Morgan fingerprint density at radius 2 is 1.97 bits per heavy atom. The van der Waals surface area contributed by atoms with Crippen molar-refractivity contribution in [3.63, 3.8) is 0 Å². The molecule has 1 saturated heterocycles. The second-order valence-corrected chi connectivity index (χ2v) is 7.51. The average Bonchev–Trinajstić information content (AvgIpc) is 3.18. The standard InChI is InChI=1S/C21H20ClFN4O3/c22-15-10-14-11-17(25-19(14)24-12-15)20(28)26-18(9-13-1-3-16(23)4-2-13)21(29)27-5-7-30-8-6-27/h1-4,10-12,18H,5-9H2,(H,24,25)(H,26,28)/t18-/m0/s1. The van der Waals surface area contributed by atoms with E-state index in [4.69, 9.17) is 16.3 Å². The molecule has 0 bridgehead atoms. The van der Waals surface area contributed by atoms with Crippen LogP contribution in [0.2, 0.25) is 5.02 Å². The van der Waals surface area contributed by atoms with Gasteiger partial charge in [-0.05, 0) is 29.8 Å². The predicted molar refractivity (Wildman–Crippen MR) is 110 cm³/mol. The van der Waals surface area contributed by atoms with Crippen LogP contribution in [0.4, 0.5) is 4.39 Å². The number of amides is 2. The Morgan fingerprint density at radius 3 is 2.70 bits per heavy atom. The molecule has 1 aromatic carbocycles. The van der Waals surface area contributed by atoms with Crippen LogP contribution in [0.5, 0.6) is 0 Å². The van der Waals surface area contributed by atoms with Crippen molar-refractivity contribution in [3.05, 3.63) is 64.7 Å². The quantitative estimate of drug-likeness (QED) is 0.651. The van der Waals surface area contributed by atoms with Crippen LogP contribution in [0.15, 0.2) is 42.6 Å². The number of morpholine rings is 1. The number of carbonyl (C=O) groups excluding carboxylic acids is 2. The van der Waals surface area contributed by atoms with Gasteiger partial charge in [0.05, 0.1) is 18.2 Å². The average molecular weight is 431 g/mol. The van der Waals surface area contributed by atoms with Crippen LogP contribution in [0.3, 0.4) is 0 Å². The first kappa shape index (κ1) is 20.3. The molecule has 30 heavy (non-hydrogen) atoms. The lowest BCUT2D eigenvalue weighted by molar-refractivity contribution is -0.137. The first-order valence-electron chi connectivity index (χ1n) is 9.56. The molecule has 0 radical (unpaired) electrons. The van der Waals surface area contributed by atoms with Crippen molar-refractivity contribution in [2.75, 3.05) is 26.3 Å². The highest BCUT2D eigenvalue weighted by molar-refractivity contribution is 6.31. The fraction of sp³-hybridized carbons (Fsp3) is 0.286. The highest BCUT2D eigenvalue weighted by atomic mass is 35.5. The summed E-state index contributed by atoms with van der Waals surface area (Å²) in [5.74, 6) is -0.992. The Kier molecular flexibility index (Phi) is 5.96. The Morgan fingerprint density at radius 1 is 1.23 bits per heavy atom. The number of hydrogen-bond acceptors (Lipinski definition) is 4. The minimum Gasteiger partial charge on any atom is -0.378 e. The van der Waals surface area contributed by atoms with Gasteiger partial charge in [0, 0.05) is 31.1 Å². The van der Waals surface area contributed by atoms with Gasteiger partial charge >= 0.3 is 0 Å². The Labute approximate surface area is 177 Å². The summed E-state index contributed by atoms with van der Waals surface area (Å²) >= 11 is 5.96. The van der Waals surface area contributed by atoms with Gasteiger partial charge in [0.15, 0.2) is 0 Å². The topological polar surface area (TPSA) is 87.3 Å². The molecule has 1 atom stereocenters. The number of fused-ring (bicyclic) bond motifs is 1. The normalized spacial score (nSPS) is 15.2. The molecule has 2 amide bonds. The summed E-state index contributed by atoms with van der Waals surface area (Å²) in [4.78, 5) is 34.7. The van der Waals surface area contributed by atoms with Gasteiger partial charge in [0.1, 0.15) is 23.2 Å². The number of aromatic nitrogens is 2. The van der Waals surface area contributed by atoms with Crippen molar-refractivity contribution in [1.29, 1.82) is 0 Å². The maximum Gasteiger partial charge on any atom is 0.268 e. The molecule has 3 aromatic rings. The van der Waals surface area contributed by atoms with Gasteiger partial charge in [-0.3, -0.25) is 9.59 Å². The van der Waals surface area contributed by atoms with Crippen molar-refractivity contribution in [3.8, 4) is 0 Å². The van der Waals surface area contributed by atoms with E-state index in [2.05, 4.69) is 15.3 Å². The number of ether oxygens (including phenoxy) is 1. The third-order valence-electron chi connectivity index (χ3n) is 4.96. The molecule has 0 saturated carbocycles. The molecule has 1 fully saturated rings. The summed E-state index contributed by atoms with van der Waals surface area (Å²) in [6.45, 7) is 1.83. The zero-order valence-electron chi connectivity index (χ0n) is 16.0. The summed E-state index contributed by atoms with van der Waals surface area (Å²) in [5.41, 5.74) is 1.55. The minimum atomic E-state index is -0.802. The smallest absolute Gasteiger partial charge is 0.268 e. The van der Waals surface area contributed by atoms with E-state index >= 15 is 0 Å². The molecule has 1 aliphatic rings. The number of halogens is 2. The molecule has 2 aromatic heterocycles. The lowest BCUT2D eigenvalue weighted by Gasteiger charge is -2.30. The Hall–Kier alpha value is -2.97. The molecule has 7 nitrogen and oxygen atoms in total. The lowest BCUT2D eigenvalue weighted by atomic mass is 10.0. The van der Waals surface area contributed by atoms with Crippen LogP contribution in [-0.2, 0) is 16.0 Å². The van der Waals surface area contributed by atoms with Crippen molar-refractivity contribution in [2.45, 2.75) is 12.5 Å². The van der Waals surface area contributed by atoms with Crippen molar-refractivity contribution < 1.29 is 18.7 Å². The van der Waals surface area contributed by atoms with Crippen LogP contribution in [0, 0.1) is 5.82 Å². The molecule has 0 spiro atoms. The molecule has 9 heteroatoms. The number of aromatic amines is 1. The van der Waals surface area contributed by atoms with Gasteiger partial charge in [-0.25, -0.2) is 9.37 Å². The van der Waals surface area contributed by atoms with Gasteiger partial charge < -0.3 is 19.9 Å². The van der Waals surface area contributed by atoms with E-state index in [1.54, 1.807) is 29.2 Å². The highest BCUT2D eigenvalue weighted by Gasteiger charge is 2.28. The molecular weight excluding hydrogens is 411 g/mol. The monoisotopic (exact) mass is 430 g/mol. The van der Waals surface area contributed by atoms with E-state index in [1.165, 1.54) is 18.3 Å². The summed E-state index contributed by atoms with van der Waals surface area (Å²) in [5, 5.41) is 3.97. The minimum absolute atomic E-state index is 0.201. The predicted octanol–water partition coefficient (Wildman–Crippen LogP) is 2.56. The first-order chi connectivity index (χ1) is 14.5. The zero-order valence-corrected chi connectivity index (χ0v) is 16.8. The van der Waals surface area contributed by atoms with Gasteiger partial charge in [0.25, 0.3) is 5.91 Å². The van der Waals surface area contributed by atoms with Crippen molar-refractivity contribution in [1.82, 2.24) is 20.2 Å². The van der Waals surface area contributed by atoms with Gasteiger partial charge in [-0.15, -0.1) is 0 Å². The Balaban J connectivity index is 1.56. The number of nitrogens with one attached hydrogen (secondary N) is 2. The maximum atomic E-state index is 13.3. The molecule has 2 N–H and O–H groups in total. The largest absolute Gasteiger partial charge is 0.378 e. The first-order valence-corrected chi connectivity index (χ1v) is 9.93. The fourth-order valence-electron chi connectivity index (χ4n) is 3.41. The van der Waals surface area contributed by atoms with E-state index in [0.717, 1.165) is 5.56 Å². The van der Waals surface area contributed by atoms with Crippen LogP contribution >= 0.6 is 11.6 Å². The van der Waals surface area contributed by atoms with Crippen LogP contribution in [0.25, 0.3) is 11.0 Å². The molecule has 1 aliphatic heterocycles. The number of benzene rings is 1. The van der Waals surface area contributed by atoms with E-state index in [-0.39, 0.29) is 23.8 Å². The lowest BCUT2D eigenvalue weighted by Crippen LogP contribution is -2.52. The number of H-pyrrole nitrogens is 1. The van der Waals surface area contributed by atoms with Gasteiger partial charge in [-0.1, -0.05) is 23.7 Å². The fourth-order valence-corrected chi connectivity index (χ4v) is 3.57. The maximum absolute atomic E-state index is 13.3. The summed E-state index contributed by atoms with van der Waals surface area (Å²) in [6, 6.07) is 8.42. The van der Waals surface area contributed by atoms with Crippen LogP contribution in [0.1, 0.15) is 16.1 Å². The number of rotatable bonds is 5. The van der Waals surface area contributed by atoms with E-state index in [1.807, 2.05) is 0 Å². The molecule has 3 heterocycles. The summed E-state index contributed by atoms with van der Waals surface area (Å²) in [6.07, 6.45) is 1.73. The number of pyridine rings is 1. The third kappa shape index (κ3) is 4.60. The van der Waals surface area contributed by atoms with E-state index in [0.29, 0.717) is 42.4 Å². The SMILES string of the molecule is O=C(N[C@@H](Cc1ccc(F)cc1)C(=O)N1CCOCC1)c1cc2cc(Cl)cnc2[nH]1. The van der Waals surface area contributed by atoms with E-state index < -0.39 is 11.9 Å². The number of hydrogen-bond donors (Lipinski definition) is 2. The van der Waals surface area contributed by atoms with Crippen LogP contribution in [-0.4, -0.2) is 59.0 Å². The molecular formula is C21H20ClFN4O3. The molecule has 0 aliphatic carbocycles. The van der Waals surface area contributed by atoms with Crippen molar-refractivity contribution in [2.24, 2.45) is 0 Å². The van der Waals surface area contributed by atoms with Gasteiger partial charge in [-0.2, -0.15) is 0 Å². The molecule has 4 rings (SSSR count). The summed E-state index contributed by atoms with van der Waals surface area (Å²) in [7, 11) is 0. The summed E-state index contributed by atoms with van der Waals surface area (Å²) < 4.78 is 18.6. The van der Waals surface area contributed by atoms with Gasteiger partial charge in [0.2, 0.25) is 5.91 Å². The number of carbonyl (C=O) groups is 2. The second-order valence-electron chi connectivity index (χ2n) is 7.07. The van der Waals surface area contributed by atoms with Crippen LogP contribution < -0.4 is 5.32 Å². The highest BCUT2D eigenvalue weighted by Crippen LogP contribution is 2.18. The zero-order chi connectivity index (χ0) is 21.1. The second kappa shape index (κ2) is 8.81. The third-order valence-corrected chi connectivity index (χ3v) is 5.17. The molecule has 0 unspecified atom stereocenters.